The second-order valence-electron chi connectivity index (χ2n) is 7.18. The highest BCUT2D eigenvalue weighted by Gasteiger charge is 2.26. The van der Waals surface area contributed by atoms with Gasteiger partial charge in [-0.2, -0.15) is 5.26 Å². The summed E-state index contributed by atoms with van der Waals surface area (Å²) < 4.78 is 13.9. The van der Waals surface area contributed by atoms with Gasteiger partial charge in [-0.05, 0) is 25.2 Å². The number of anilines is 1. The molecule has 4 rings (SSSR count). The minimum Gasteiger partial charge on any atom is -0.507 e. The van der Waals surface area contributed by atoms with E-state index in [2.05, 4.69) is 15.5 Å². The lowest BCUT2D eigenvalue weighted by Crippen LogP contribution is -2.45. The number of benzene rings is 2. The van der Waals surface area contributed by atoms with Gasteiger partial charge in [0, 0.05) is 41.9 Å². The van der Waals surface area contributed by atoms with E-state index >= 15 is 0 Å². The second-order valence-corrected chi connectivity index (χ2v) is 7.18. The van der Waals surface area contributed by atoms with Crippen LogP contribution < -0.4 is 5.32 Å². The van der Waals surface area contributed by atoms with E-state index in [1.807, 2.05) is 42.3 Å². The van der Waals surface area contributed by atoms with E-state index in [9.17, 15) is 9.50 Å². The normalized spacial score (nSPS) is 20.0. The summed E-state index contributed by atoms with van der Waals surface area (Å²) in [6.45, 7) is 1.18. The number of phenolic OH excluding ortho intramolecular Hbond substituents is 1. The number of fused-ring (bicyclic) bond motifs is 1. The van der Waals surface area contributed by atoms with Crippen LogP contribution in [0.1, 0.15) is 12.0 Å². The fraction of sp³-hybridized carbons (Fsp3) is 0.286. The Bertz CT molecular complexity index is 1050. The van der Waals surface area contributed by atoms with Crippen LogP contribution in [0.4, 0.5) is 10.2 Å². The van der Waals surface area contributed by atoms with Gasteiger partial charge in [0.2, 0.25) is 0 Å². The lowest BCUT2D eigenvalue weighted by atomic mass is 10.0. The molecule has 2 atom stereocenters. The van der Waals surface area contributed by atoms with Crippen molar-refractivity contribution in [2.24, 2.45) is 0 Å². The molecule has 6 nitrogen and oxygen atoms in total. The summed E-state index contributed by atoms with van der Waals surface area (Å²) in [5.41, 5.74) is 1.42. The highest BCUT2D eigenvalue weighted by molar-refractivity contribution is 6.00. The third-order valence-electron chi connectivity index (χ3n) is 4.99. The van der Waals surface area contributed by atoms with Crippen LogP contribution in [-0.2, 0) is 0 Å². The van der Waals surface area contributed by atoms with Crippen molar-refractivity contribution in [1.29, 1.82) is 5.26 Å². The van der Waals surface area contributed by atoms with Crippen LogP contribution >= 0.6 is 0 Å². The first-order valence-electron chi connectivity index (χ1n) is 9.13. The summed E-state index contributed by atoms with van der Waals surface area (Å²) in [6, 6.07) is 14.3. The zero-order chi connectivity index (χ0) is 19.7. The maximum absolute atomic E-state index is 13.9. The van der Waals surface area contributed by atoms with Crippen LogP contribution in [0.15, 0.2) is 42.5 Å². The van der Waals surface area contributed by atoms with Gasteiger partial charge in [0.15, 0.2) is 5.82 Å². The van der Waals surface area contributed by atoms with Crippen LogP contribution in [-0.4, -0.2) is 52.6 Å². The molecule has 0 unspecified atom stereocenters. The molecule has 1 fully saturated rings. The number of nitriles is 1. The maximum Gasteiger partial charge on any atom is 0.156 e. The van der Waals surface area contributed by atoms with Gasteiger partial charge in [0.05, 0.1) is 11.6 Å². The van der Waals surface area contributed by atoms with Crippen molar-refractivity contribution in [3.63, 3.8) is 0 Å². The molecule has 2 heterocycles. The third-order valence-corrected chi connectivity index (χ3v) is 4.99. The highest BCUT2D eigenvalue weighted by atomic mass is 19.1. The molecule has 3 aromatic rings. The Labute approximate surface area is 162 Å². The fourth-order valence-electron chi connectivity index (χ4n) is 3.76. The van der Waals surface area contributed by atoms with Crippen LogP contribution in [0.5, 0.6) is 5.75 Å². The molecule has 1 aromatic heterocycles. The number of aromatic nitrogens is 2. The molecular weight excluding hydrogens is 357 g/mol. The lowest BCUT2D eigenvalue weighted by molar-refractivity contribution is 0.153. The van der Waals surface area contributed by atoms with E-state index in [1.165, 1.54) is 6.07 Å². The number of piperidine rings is 1. The van der Waals surface area contributed by atoms with Crippen molar-refractivity contribution < 1.29 is 9.50 Å². The first-order valence-corrected chi connectivity index (χ1v) is 9.13. The SMILES string of the molecule is CN1C[C@H](F)C[C@@H](Nc2nnc(-c3ccc(C#N)cc3O)c3ccccc23)C1. The second kappa shape index (κ2) is 7.41. The molecule has 1 aliphatic rings. The first-order chi connectivity index (χ1) is 13.5. The van der Waals surface area contributed by atoms with Crippen molar-refractivity contribution in [3.05, 3.63) is 48.0 Å². The molecule has 142 valence electrons. The summed E-state index contributed by atoms with van der Waals surface area (Å²) in [6.07, 6.45) is -0.441. The van der Waals surface area contributed by atoms with Gasteiger partial charge in [-0.1, -0.05) is 24.3 Å². The maximum atomic E-state index is 13.9. The van der Waals surface area contributed by atoms with E-state index in [4.69, 9.17) is 5.26 Å². The van der Waals surface area contributed by atoms with E-state index in [0.717, 1.165) is 17.3 Å². The number of alkyl halides is 1. The summed E-state index contributed by atoms with van der Waals surface area (Å²) >= 11 is 0. The topological polar surface area (TPSA) is 85.1 Å². The van der Waals surface area contributed by atoms with Crippen LogP contribution in [0.2, 0.25) is 0 Å². The number of hydrogen-bond donors (Lipinski definition) is 2. The molecule has 1 aliphatic heterocycles. The number of phenols is 1. The minimum absolute atomic E-state index is 0.0200. The Morgan fingerprint density at radius 2 is 1.96 bits per heavy atom. The molecule has 1 saturated heterocycles. The number of likely N-dealkylation sites (N-methyl/N-ethyl adjacent to an activating group) is 1. The zero-order valence-electron chi connectivity index (χ0n) is 15.4. The Balaban J connectivity index is 1.74. The molecule has 0 radical (unpaired) electrons. The summed E-state index contributed by atoms with van der Waals surface area (Å²) in [5.74, 6) is 0.577. The van der Waals surface area contributed by atoms with E-state index in [0.29, 0.717) is 35.6 Å². The Hall–Kier alpha value is -3.24. The largest absolute Gasteiger partial charge is 0.507 e. The van der Waals surface area contributed by atoms with Gasteiger partial charge in [-0.15, -0.1) is 10.2 Å². The summed E-state index contributed by atoms with van der Waals surface area (Å²) in [4.78, 5) is 1.96. The molecule has 2 N–H and O–H groups in total. The van der Waals surface area contributed by atoms with Gasteiger partial charge in [-0.25, -0.2) is 4.39 Å². The zero-order valence-corrected chi connectivity index (χ0v) is 15.4. The van der Waals surface area contributed by atoms with Gasteiger partial charge in [0.25, 0.3) is 0 Å². The molecule has 0 spiro atoms. The fourth-order valence-corrected chi connectivity index (χ4v) is 3.76. The molecule has 7 heteroatoms. The monoisotopic (exact) mass is 377 g/mol. The third kappa shape index (κ3) is 3.47. The number of likely N-dealkylation sites (tertiary alicyclic amines) is 1. The van der Waals surface area contributed by atoms with Crippen LogP contribution in [0, 0.1) is 11.3 Å². The van der Waals surface area contributed by atoms with E-state index in [1.54, 1.807) is 12.1 Å². The predicted molar refractivity (Wildman–Crippen MR) is 106 cm³/mol. The van der Waals surface area contributed by atoms with Gasteiger partial charge < -0.3 is 15.3 Å². The number of halogens is 1. The number of nitrogens with one attached hydrogen (secondary N) is 1. The first kappa shape index (κ1) is 18.1. The predicted octanol–water partition coefficient (Wildman–Crippen LogP) is 3.33. The summed E-state index contributed by atoms with van der Waals surface area (Å²) in [5, 5.41) is 33.0. The molecule has 0 bridgehead atoms. The molecule has 2 aromatic carbocycles. The van der Waals surface area contributed by atoms with Gasteiger partial charge >= 0.3 is 0 Å². The standard InChI is InChI=1S/C21H20FN5O/c1-27-11-14(22)9-15(12-27)24-21-17-5-3-2-4-16(17)20(25-26-21)18-7-6-13(10-23)8-19(18)28/h2-8,14-15,28H,9,11-12H2,1H3,(H,24,26)/t14-,15-/m1/s1. The van der Waals surface area contributed by atoms with E-state index < -0.39 is 6.17 Å². The average molecular weight is 377 g/mol. The number of hydrogen-bond acceptors (Lipinski definition) is 6. The summed E-state index contributed by atoms with van der Waals surface area (Å²) in [7, 11) is 1.90. The van der Waals surface area contributed by atoms with Gasteiger partial charge in [0.1, 0.15) is 17.6 Å². The minimum atomic E-state index is -0.870. The van der Waals surface area contributed by atoms with Gasteiger partial charge in [-0.3, -0.25) is 0 Å². The molecule has 28 heavy (non-hydrogen) atoms. The molecule has 0 saturated carbocycles. The van der Waals surface area contributed by atoms with Crippen LogP contribution in [0.3, 0.4) is 0 Å². The van der Waals surface area contributed by atoms with Crippen molar-refractivity contribution in [3.8, 4) is 23.1 Å². The number of nitrogens with zero attached hydrogens (tertiary/aromatic N) is 4. The van der Waals surface area contributed by atoms with Crippen molar-refractivity contribution in [2.45, 2.75) is 18.6 Å². The van der Waals surface area contributed by atoms with Crippen LogP contribution in [0.25, 0.3) is 22.0 Å². The molecule has 0 aliphatic carbocycles. The van der Waals surface area contributed by atoms with Crippen molar-refractivity contribution in [1.82, 2.24) is 15.1 Å². The Morgan fingerprint density at radius 3 is 2.68 bits per heavy atom. The number of rotatable bonds is 3. The smallest absolute Gasteiger partial charge is 0.156 e. The van der Waals surface area contributed by atoms with Crippen molar-refractivity contribution >= 4 is 16.6 Å². The quantitative estimate of drug-likeness (QED) is 0.728. The lowest BCUT2D eigenvalue weighted by Gasteiger charge is -2.32. The Kier molecular flexibility index (Phi) is 4.80. The highest BCUT2D eigenvalue weighted by Crippen LogP contribution is 2.35. The number of aromatic hydroxyl groups is 1. The Morgan fingerprint density at radius 1 is 1.18 bits per heavy atom. The van der Waals surface area contributed by atoms with Crippen molar-refractivity contribution in [2.75, 3.05) is 25.5 Å². The molecular formula is C21H20FN5O. The average Bonchev–Trinajstić information content (AvgIpc) is 2.68. The molecule has 0 amide bonds. The van der Waals surface area contributed by atoms with E-state index in [-0.39, 0.29) is 11.8 Å².